The normalized spacial score (nSPS) is 10.7. The van der Waals surface area contributed by atoms with Gasteiger partial charge in [-0.3, -0.25) is 19.0 Å². The van der Waals surface area contributed by atoms with Gasteiger partial charge >= 0.3 is 0 Å². The molecule has 0 spiro atoms. The second-order valence-corrected chi connectivity index (χ2v) is 5.13. The number of nitrogens with one attached hydrogen (secondary N) is 1. The standard InChI is InChI=1S/C16H15N5O3/c22-14(17-8-9-21-15(23)6-3-7-19-21)10-20-11-18-13-5-2-1-4-12(13)16(20)24/h1-7,11H,8-10H2,(H,17,22). The Morgan fingerprint density at radius 3 is 2.79 bits per heavy atom. The molecule has 2 aromatic heterocycles. The lowest BCUT2D eigenvalue weighted by Gasteiger charge is -2.08. The van der Waals surface area contributed by atoms with Gasteiger partial charge < -0.3 is 5.32 Å². The molecule has 0 saturated carbocycles. The van der Waals surface area contributed by atoms with E-state index in [1.165, 1.54) is 27.8 Å². The zero-order chi connectivity index (χ0) is 16.9. The van der Waals surface area contributed by atoms with Crippen LogP contribution < -0.4 is 16.4 Å². The van der Waals surface area contributed by atoms with Crippen LogP contribution in [0.15, 0.2) is 58.5 Å². The lowest BCUT2D eigenvalue weighted by Crippen LogP contribution is -2.35. The van der Waals surface area contributed by atoms with Gasteiger partial charge in [-0.25, -0.2) is 9.67 Å². The third-order valence-corrected chi connectivity index (χ3v) is 3.48. The number of benzene rings is 1. The van der Waals surface area contributed by atoms with Crippen molar-refractivity contribution in [2.75, 3.05) is 6.54 Å². The molecule has 8 heteroatoms. The summed E-state index contributed by atoms with van der Waals surface area (Å²) in [5, 5.41) is 7.02. The molecule has 24 heavy (non-hydrogen) atoms. The Balaban J connectivity index is 1.63. The molecule has 1 amide bonds. The summed E-state index contributed by atoms with van der Waals surface area (Å²) in [5.74, 6) is -0.335. The zero-order valence-corrected chi connectivity index (χ0v) is 12.8. The number of para-hydroxylation sites is 1. The molecule has 0 aliphatic rings. The molecule has 0 unspecified atom stereocenters. The monoisotopic (exact) mass is 325 g/mol. The maximum Gasteiger partial charge on any atom is 0.266 e. The number of aromatic nitrogens is 4. The predicted molar refractivity (Wildman–Crippen MR) is 87.5 cm³/mol. The second-order valence-electron chi connectivity index (χ2n) is 5.13. The van der Waals surface area contributed by atoms with Crippen molar-refractivity contribution < 1.29 is 4.79 Å². The summed E-state index contributed by atoms with van der Waals surface area (Å²) >= 11 is 0. The Kier molecular flexibility index (Phi) is 4.46. The van der Waals surface area contributed by atoms with Crippen LogP contribution in [0.5, 0.6) is 0 Å². The van der Waals surface area contributed by atoms with Crippen LogP contribution in [0.1, 0.15) is 0 Å². The van der Waals surface area contributed by atoms with Gasteiger partial charge in [-0.1, -0.05) is 12.1 Å². The van der Waals surface area contributed by atoms with Crippen LogP contribution in [0.4, 0.5) is 0 Å². The summed E-state index contributed by atoms with van der Waals surface area (Å²) in [6.07, 6.45) is 2.86. The van der Waals surface area contributed by atoms with Gasteiger partial charge in [0, 0.05) is 18.8 Å². The van der Waals surface area contributed by atoms with Gasteiger partial charge in [-0.2, -0.15) is 5.10 Å². The van der Waals surface area contributed by atoms with Crippen LogP contribution in [-0.2, 0) is 17.9 Å². The summed E-state index contributed by atoms with van der Waals surface area (Å²) in [7, 11) is 0. The quantitative estimate of drug-likeness (QED) is 0.698. The summed E-state index contributed by atoms with van der Waals surface area (Å²) in [6.45, 7) is 0.371. The van der Waals surface area contributed by atoms with E-state index in [0.717, 1.165) is 0 Å². The first-order valence-electron chi connectivity index (χ1n) is 7.38. The number of carbonyl (C=O) groups is 1. The van der Waals surface area contributed by atoms with Crippen LogP contribution in [0, 0.1) is 0 Å². The minimum absolute atomic E-state index is 0.131. The number of nitrogens with zero attached hydrogens (tertiary/aromatic N) is 4. The maximum absolute atomic E-state index is 12.3. The van der Waals surface area contributed by atoms with Crippen molar-refractivity contribution in [3.05, 3.63) is 69.6 Å². The molecule has 0 atom stereocenters. The van der Waals surface area contributed by atoms with Gasteiger partial charge in [0.2, 0.25) is 5.91 Å². The summed E-state index contributed by atoms with van der Waals surface area (Å²) in [5.41, 5.74) is 0.0899. The fourth-order valence-corrected chi connectivity index (χ4v) is 2.29. The molecule has 3 aromatic rings. The highest BCUT2D eigenvalue weighted by atomic mass is 16.2. The van der Waals surface area contributed by atoms with Crippen LogP contribution in [-0.4, -0.2) is 31.8 Å². The highest BCUT2D eigenvalue weighted by molar-refractivity contribution is 5.78. The molecule has 0 aliphatic carbocycles. The van der Waals surface area contributed by atoms with E-state index >= 15 is 0 Å². The minimum Gasteiger partial charge on any atom is -0.353 e. The second kappa shape index (κ2) is 6.86. The summed E-state index contributed by atoms with van der Waals surface area (Å²) < 4.78 is 2.51. The number of hydrogen-bond acceptors (Lipinski definition) is 5. The molecule has 0 bridgehead atoms. The van der Waals surface area contributed by atoms with Gasteiger partial charge in [0.1, 0.15) is 6.54 Å². The van der Waals surface area contributed by atoms with Crippen molar-refractivity contribution in [1.29, 1.82) is 0 Å². The number of hydrogen-bond donors (Lipinski definition) is 1. The number of fused-ring (bicyclic) bond motifs is 1. The fraction of sp³-hybridized carbons (Fsp3) is 0.188. The number of amides is 1. The van der Waals surface area contributed by atoms with E-state index in [4.69, 9.17) is 0 Å². The Hall–Kier alpha value is -3.29. The fourth-order valence-electron chi connectivity index (χ4n) is 2.29. The number of carbonyl (C=O) groups excluding carboxylic acids is 1. The van der Waals surface area contributed by atoms with Gasteiger partial charge in [0.25, 0.3) is 11.1 Å². The lowest BCUT2D eigenvalue weighted by molar-refractivity contribution is -0.121. The molecule has 3 rings (SSSR count). The number of rotatable bonds is 5. The molecule has 2 heterocycles. The SMILES string of the molecule is O=C(Cn1cnc2ccccc2c1=O)NCCn1ncccc1=O. The maximum atomic E-state index is 12.3. The van der Waals surface area contributed by atoms with Crippen molar-refractivity contribution in [3.63, 3.8) is 0 Å². The van der Waals surface area contributed by atoms with Crippen LogP contribution >= 0.6 is 0 Å². The molecule has 0 aliphatic heterocycles. The molecule has 0 fully saturated rings. The van der Waals surface area contributed by atoms with Crippen LogP contribution in [0.25, 0.3) is 10.9 Å². The first kappa shape index (κ1) is 15.6. The highest BCUT2D eigenvalue weighted by Gasteiger charge is 2.07. The zero-order valence-electron chi connectivity index (χ0n) is 12.8. The van der Waals surface area contributed by atoms with E-state index < -0.39 is 0 Å². The Morgan fingerprint density at radius 2 is 1.96 bits per heavy atom. The van der Waals surface area contributed by atoms with Gasteiger partial charge in [0.05, 0.1) is 23.8 Å². The van der Waals surface area contributed by atoms with E-state index in [9.17, 15) is 14.4 Å². The summed E-state index contributed by atoms with van der Waals surface area (Å²) in [4.78, 5) is 39.9. The van der Waals surface area contributed by atoms with Crippen LogP contribution in [0.2, 0.25) is 0 Å². The van der Waals surface area contributed by atoms with Crippen molar-refractivity contribution in [2.24, 2.45) is 0 Å². The summed E-state index contributed by atoms with van der Waals surface area (Å²) in [6, 6.07) is 9.91. The predicted octanol–water partition coefficient (Wildman–Crippen LogP) is -0.230. The average Bonchev–Trinajstić information content (AvgIpc) is 2.59. The molecular formula is C16H15N5O3. The Morgan fingerprint density at radius 1 is 1.12 bits per heavy atom. The smallest absolute Gasteiger partial charge is 0.266 e. The van der Waals surface area contributed by atoms with E-state index in [1.807, 2.05) is 0 Å². The molecule has 1 N–H and O–H groups in total. The molecule has 0 radical (unpaired) electrons. The van der Waals surface area contributed by atoms with E-state index in [0.29, 0.717) is 10.9 Å². The molecule has 1 aromatic carbocycles. The largest absolute Gasteiger partial charge is 0.353 e. The van der Waals surface area contributed by atoms with Crippen molar-refractivity contribution in [3.8, 4) is 0 Å². The van der Waals surface area contributed by atoms with E-state index in [2.05, 4.69) is 15.4 Å². The van der Waals surface area contributed by atoms with Crippen molar-refractivity contribution >= 4 is 16.8 Å². The van der Waals surface area contributed by atoms with E-state index in [-0.39, 0.29) is 36.7 Å². The first-order chi connectivity index (χ1) is 11.6. The van der Waals surface area contributed by atoms with Gasteiger partial charge in [-0.05, 0) is 18.2 Å². The Bertz CT molecular complexity index is 992. The molecule has 122 valence electrons. The third kappa shape index (κ3) is 3.37. The lowest BCUT2D eigenvalue weighted by atomic mass is 10.2. The first-order valence-corrected chi connectivity index (χ1v) is 7.38. The van der Waals surface area contributed by atoms with Crippen molar-refractivity contribution in [2.45, 2.75) is 13.1 Å². The Labute approximate surface area is 136 Å². The highest BCUT2D eigenvalue weighted by Crippen LogP contribution is 2.04. The third-order valence-electron chi connectivity index (χ3n) is 3.48. The molecule has 0 saturated heterocycles. The molecule has 8 nitrogen and oxygen atoms in total. The van der Waals surface area contributed by atoms with Crippen LogP contribution in [0.3, 0.4) is 0 Å². The molecular weight excluding hydrogens is 310 g/mol. The minimum atomic E-state index is -0.335. The van der Waals surface area contributed by atoms with Gasteiger partial charge in [0.15, 0.2) is 0 Å². The van der Waals surface area contributed by atoms with Gasteiger partial charge in [-0.15, -0.1) is 0 Å². The van der Waals surface area contributed by atoms with Crippen molar-refractivity contribution in [1.82, 2.24) is 24.6 Å². The average molecular weight is 325 g/mol. The topological polar surface area (TPSA) is 98.9 Å². The van der Waals surface area contributed by atoms with E-state index in [1.54, 1.807) is 30.3 Å².